The van der Waals surface area contributed by atoms with Crippen LogP contribution in [0.5, 0.6) is 0 Å². The summed E-state index contributed by atoms with van der Waals surface area (Å²) in [6, 6.07) is 9.05. The van der Waals surface area contributed by atoms with Gasteiger partial charge in [-0.05, 0) is 24.5 Å². The second kappa shape index (κ2) is 5.94. The minimum absolute atomic E-state index is 0.185. The van der Waals surface area contributed by atoms with Gasteiger partial charge in [-0.2, -0.15) is 0 Å². The van der Waals surface area contributed by atoms with E-state index in [-0.39, 0.29) is 11.8 Å². The van der Waals surface area contributed by atoms with E-state index in [0.29, 0.717) is 6.04 Å². The molecule has 2 heterocycles. The van der Waals surface area contributed by atoms with Crippen LogP contribution in [0.25, 0.3) is 0 Å². The number of benzene rings is 1. The number of nitrogens with one attached hydrogen (secondary N) is 2. The first-order chi connectivity index (χ1) is 9.74. The molecule has 0 spiro atoms. The molecule has 1 atom stereocenters. The van der Waals surface area contributed by atoms with Crippen LogP contribution in [0, 0.1) is 5.92 Å². The molecule has 1 fully saturated rings. The molecule has 1 saturated heterocycles. The number of carbonyl (C=O) groups is 1. The van der Waals surface area contributed by atoms with E-state index in [0.717, 1.165) is 39.1 Å². The zero-order valence-corrected chi connectivity index (χ0v) is 12.1. The van der Waals surface area contributed by atoms with Crippen LogP contribution < -0.4 is 10.6 Å². The summed E-state index contributed by atoms with van der Waals surface area (Å²) in [6.45, 7) is 6.69. The fourth-order valence-electron chi connectivity index (χ4n) is 2.89. The Morgan fingerprint density at radius 2 is 2.15 bits per heavy atom. The van der Waals surface area contributed by atoms with Gasteiger partial charge in [0.05, 0.1) is 5.92 Å². The van der Waals surface area contributed by atoms with Gasteiger partial charge < -0.3 is 10.6 Å². The molecule has 0 aliphatic carbocycles. The zero-order valence-electron chi connectivity index (χ0n) is 12.1. The van der Waals surface area contributed by atoms with Crippen molar-refractivity contribution in [1.29, 1.82) is 0 Å². The van der Waals surface area contributed by atoms with Crippen LogP contribution in [0.15, 0.2) is 24.3 Å². The van der Waals surface area contributed by atoms with E-state index in [9.17, 15) is 4.79 Å². The first-order valence-corrected chi connectivity index (χ1v) is 7.53. The smallest absolute Gasteiger partial charge is 0.225 e. The van der Waals surface area contributed by atoms with Gasteiger partial charge in [-0.25, -0.2) is 0 Å². The molecule has 4 heteroatoms. The normalized spacial score (nSPS) is 20.9. The number of fused-ring (bicyclic) bond motifs is 1. The highest BCUT2D eigenvalue weighted by molar-refractivity contribution is 5.80. The summed E-state index contributed by atoms with van der Waals surface area (Å²) in [4.78, 5) is 14.3. The summed E-state index contributed by atoms with van der Waals surface area (Å²) < 4.78 is 0. The molecule has 0 saturated carbocycles. The van der Waals surface area contributed by atoms with Crippen molar-refractivity contribution in [3.63, 3.8) is 0 Å². The molecule has 0 aromatic heterocycles. The number of nitrogens with zero attached hydrogens (tertiary/aromatic N) is 1. The molecule has 2 N–H and O–H groups in total. The minimum atomic E-state index is 0.185. The molecule has 2 aliphatic rings. The lowest BCUT2D eigenvalue weighted by atomic mass is 9.98. The fourth-order valence-corrected chi connectivity index (χ4v) is 2.89. The Hall–Kier alpha value is -1.39. The predicted octanol–water partition coefficient (Wildman–Crippen LogP) is 0.769. The molecule has 1 aromatic carbocycles. The summed E-state index contributed by atoms with van der Waals surface area (Å²) in [7, 11) is 0. The van der Waals surface area contributed by atoms with E-state index in [1.807, 2.05) is 0 Å². The maximum absolute atomic E-state index is 11.8. The number of hydrogen-bond donors (Lipinski definition) is 2. The van der Waals surface area contributed by atoms with Crippen molar-refractivity contribution in [3.05, 3.63) is 35.4 Å². The summed E-state index contributed by atoms with van der Waals surface area (Å²) in [5.74, 6) is 0.386. The van der Waals surface area contributed by atoms with E-state index in [1.165, 1.54) is 11.1 Å². The van der Waals surface area contributed by atoms with Gasteiger partial charge in [0.1, 0.15) is 0 Å². The van der Waals surface area contributed by atoms with Crippen LogP contribution in [-0.2, 0) is 17.8 Å². The molecule has 4 nitrogen and oxygen atoms in total. The topological polar surface area (TPSA) is 44.4 Å². The first kappa shape index (κ1) is 13.6. The van der Waals surface area contributed by atoms with Gasteiger partial charge in [0.2, 0.25) is 5.91 Å². The summed E-state index contributed by atoms with van der Waals surface area (Å²) in [5.41, 5.74) is 2.90. The third-order valence-electron chi connectivity index (χ3n) is 4.51. The lowest BCUT2D eigenvalue weighted by Gasteiger charge is -2.34. The predicted molar refractivity (Wildman–Crippen MR) is 79.4 cm³/mol. The number of carbonyl (C=O) groups excluding carboxylic acids is 1. The second-order valence-electron chi connectivity index (χ2n) is 5.94. The second-order valence-corrected chi connectivity index (χ2v) is 5.94. The van der Waals surface area contributed by atoms with Crippen LogP contribution in [-0.4, -0.2) is 43.0 Å². The van der Waals surface area contributed by atoms with E-state index < -0.39 is 0 Å². The quantitative estimate of drug-likeness (QED) is 0.851. The van der Waals surface area contributed by atoms with Gasteiger partial charge in [-0.1, -0.05) is 24.3 Å². The van der Waals surface area contributed by atoms with Gasteiger partial charge >= 0.3 is 0 Å². The van der Waals surface area contributed by atoms with E-state index in [4.69, 9.17) is 0 Å². The highest BCUT2D eigenvalue weighted by Crippen LogP contribution is 2.19. The van der Waals surface area contributed by atoms with E-state index in [2.05, 4.69) is 46.7 Å². The SMILES string of the molecule is CC(CNC(=O)C1CNC1)N1CCc2ccccc2C1. The Morgan fingerprint density at radius 3 is 2.85 bits per heavy atom. The average molecular weight is 273 g/mol. The average Bonchev–Trinajstić information content (AvgIpc) is 2.42. The summed E-state index contributed by atoms with van der Waals surface area (Å²) in [5, 5.41) is 6.22. The molecule has 2 aliphatic heterocycles. The van der Waals surface area contributed by atoms with Gasteiger partial charge in [-0.15, -0.1) is 0 Å². The Balaban J connectivity index is 1.51. The third-order valence-corrected chi connectivity index (χ3v) is 4.51. The standard InChI is InChI=1S/C16H23N3O/c1-12(8-18-16(20)15-9-17-10-15)19-7-6-13-4-2-3-5-14(13)11-19/h2-5,12,15,17H,6-11H2,1H3,(H,18,20). The van der Waals surface area contributed by atoms with Gasteiger partial charge in [0.25, 0.3) is 0 Å². The Labute approximate surface area is 120 Å². The highest BCUT2D eigenvalue weighted by atomic mass is 16.2. The number of rotatable bonds is 4. The lowest BCUT2D eigenvalue weighted by Crippen LogP contribution is -2.53. The molecule has 0 bridgehead atoms. The minimum Gasteiger partial charge on any atom is -0.354 e. The van der Waals surface area contributed by atoms with Crippen LogP contribution in [0.2, 0.25) is 0 Å². The Bertz CT molecular complexity index is 484. The first-order valence-electron chi connectivity index (χ1n) is 7.53. The monoisotopic (exact) mass is 273 g/mol. The summed E-state index contributed by atoms with van der Waals surface area (Å²) >= 11 is 0. The van der Waals surface area contributed by atoms with Crippen molar-refractivity contribution >= 4 is 5.91 Å². The lowest BCUT2D eigenvalue weighted by molar-refractivity contribution is -0.126. The van der Waals surface area contributed by atoms with Crippen molar-refractivity contribution in [1.82, 2.24) is 15.5 Å². The molecular weight excluding hydrogens is 250 g/mol. The maximum atomic E-state index is 11.8. The molecule has 1 amide bonds. The van der Waals surface area contributed by atoms with Crippen LogP contribution >= 0.6 is 0 Å². The largest absolute Gasteiger partial charge is 0.354 e. The Kier molecular flexibility index (Phi) is 4.03. The highest BCUT2D eigenvalue weighted by Gasteiger charge is 2.26. The van der Waals surface area contributed by atoms with Gasteiger partial charge in [-0.3, -0.25) is 9.69 Å². The molecule has 1 unspecified atom stereocenters. The van der Waals surface area contributed by atoms with Crippen molar-refractivity contribution in [3.8, 4) is 0 Å². The fraction of sp³-hybridized carbons (Fsp3) is 0.562. The molecule has 1 aromatic rings. The number of amides is 1. The van der Waals surface area contributed by atoms with Crippen LogP contribution in [0.1, 0.15) is 18.1 Å². The maximum Gasteiger partial charge on any atom is 0.225 e. The van der Waals surface area contributed by atoms with Crippen molar-refractivity contribution in [2.75, 3.05) is 26.2 Å². The summed E-state index contributed by atoms with van der Waals surface area (Å²) in [6.07, 6.45) is 1.11. The van der Waals surface area contributed by atoms with Crippen molar-refractivity contribution in [2.24, 2.45) is 5.92 Å². The Morgan fingerprint density at radius 1 is 1.40 bits per heavy atom. The van der Waals surface area contributed by atoms with Crippen molar-refractivity contribution in [2.45, 2.75) is 25.9 Å². The molecule has 20 heavy (non-hydrogen) atoms. The number of hydrogen-bond acceptors (Lipinski definition) is 3. The van der Waals surface area contributed by atoms with E-state index >= 15 is 0 Å². The van der Waals surface area contributed by atoms with Crippen molar-refractivity contribution < 1.29 is 4.79 Å². The molecular formula is C16H23N3O. The zero-order chi connectivity index (χ0) is 13.9. The van der Waals surface area contributed by atoms with Gasteiger partial charge in [0.15, 0.2) is 0 Å². The van der Waals surface area contributed by atoms with E-state index in [1.54, 1.807) is 0 Å². The molecule has 108 valence electrons. The van der Waals surface area contributed by atoms with Gasteiger partial charge in [0, 0.05) is 38.8 Å². The molecule has 3 rings (SSSR count). The van der Waals surface area contributed by atoms with Crippen LogP contribution in [0.4, 0.5) is 0 Å². The van der Waals surface area contributed by atoms with Crippen LogP contribution in [0.3, 0.4) is 0 Å². The third kappa shape index (κ3) is 2.86. The molecule has 0 radical (unpaired) electrons.